The van der Waals surface area contributed by atoms with E-state index in [9.17, 15) is 4.79 Å². The van der Waals surface area contributed by atoms with E-state index in [0.717, 1.165) is 44.1 Å². The Kier molecular flexibility index (Phi) is 4.54. The van der Waals surface area contributed by atoms with Crippen molar-refractivity contribution in [3.05, 3.63) is 12.4 Å². The number of piperidine rings is 1. The van der Waals surface area contributed by atoms with Gasteiger partial charge in [0.25, 0.3) is 0 Å². The lowest BCUT2D eigenvalue weighted by molar-refractivity contribution is -0.119. The lowest BCUT2D eigenvalue weighted by atomic mass is 9.93. The Bertz CT molecular complexity index is 429. The molecule has 0 saturated carbocycles. The number of amides is 1. The van der Waals surface area contributed by atoms with Crippen LogP contribution in [0.4, 0.5) is 11.6 Å². The highest BCUT2D eigenvalue weighted by Gasteiger charge is 2.21. The van der Waals surface area contributed by atoms with Crippen molar-refractivity contribution in [2.45, 2.75) is 26.2 Å². The van der Waals surface area contributed by atoms with Crippen LogP contribution >= 0.6 is 0 Å². The van der Waals surface area contributed by atoms with Gasteiger partial charge in [0.1, 0.15) is 18.0 Å². The quantitative estimate of drug-likeness (QED) is 0.828. The molecule has 0 bridgehead atoms. The largest absolute Gasteiger partial charge is 0.370 e. The number of nitrogens with one attached hydrogen (secondary N) is 1. The Hall–Kier alpha value is -1.85. The van der Waals surface area contributed by atoms with Crippen molar-refractivity contribution in [1.29, 1.82) is 0 Å². The molecule has 0 atom stereocenters. The van der Waals surface area contributed by atoms with Crippen molar-refractivity contribution in [2.24, 2.45) is 11.7 Å². The number of hydrogen-bond donors (Lipinski definition) is 2. The van der Waals surface area contributed by atoms with Crippen LogP contribution in [0.5, 0.6) is 0 Å². The summed E-state index contributed by atoms with van der Waals surface area (Å²) >= 11 is 0. The lowest BCUT2D eigenvalue weighted by Crippen LogP contribution is -2.35. The molecule has 0 aliphatic carbocycles. The van der Waals surface area contributed by atoms with Gasteiger partial charge < -0.3 is 16.0 Å². The van der Waals surface area contributed by atoms with E-state index in [2.05, 4.69) is 20.2 Å². The standard InChI is InChI=1S/C13H21N5O/c1-2-15-12-8-13(17-9-16-12)18-5-3-10(4-6-18)7-11(14)19/h8-10H,2-7H2,1H3,(H2,14,19)(H,15,16,17). The van der Waals surface area contributed by atoms with Crippen molar-refractivity contribution >= 4 is 17.5 Å². The molecule has 104 valence electrons. The Morgan fingerprint density at radius 3 is 2.84 bits per heavy atom. The summed E-state index contributed by atoms with van der Waals surface area (Å²) in [6, 6.07) is 1.97. The van der Waals surface area contributed by atoms with Crippen molar-refractivity contribution < 1.29 is 4.79 Å². The summed E-state index contributed by atoms with van der Waals surface area (Å²) < 4.78 is 0. The van der Waals surface area contributed by atoms with Crippen LogP contribution < -0.4 is 16.0 Å². The number of carbonyl (C=O) groups excluding carboxylic acids is 1. The van der Waals surface area contributed by atoms with Crippen LogP contribution in [0.1, 0.15) is 26.2 Å². The molecular weight excluding hydrogens is 242 g/mol. The van der Waals surface area contributed by atoms with Gasteiger partial charge in [0.2, 0.25) is 5.91 Å². The first-order chi connectivity index (χ1) is 9.19. The minimum absolute atomic E-state index is 0.199. The number of anilines is 2. The summed E-state index contributed by atoms with van der Waals surface area (Å²) in [4.78, 5) is 21.6. The molecule has 1 saturated heterocycles. The average Bonchev–Trinajstić information content (AvgIpc) is 2.40. The molecule has 0 aromatic carbocycles. The van der Waals surface area contributed by atoms with E-state index < -0.39 is 0 Å². The zero-order valence-electron chi connectivity index (χ0n) is 11.3. The lowest BCUT2D eigenvalue weighted by Gasteiger charge is -2.32. The maximum atomic E-state index is 10.9. The molecule has 0 radical (unpaired) electrons. The third-order valence-corrected chi connectivity index (χ3v) is 3.44. The topological polar surface area (TPSA) is 84.1 Å². The van der Waals surface area contributed by atoms with Gasteiger partial charge in [-0.2, -0.15) is 0 Å². The van der Waals surface area contributed by atoms with Crippen LogP contribution in [0.2, 0.25) is 0 Å². The van der Waals surface area contributed by atoms with Crippen molar-refractivity contribution in [3.8, 4) is 0 Å². The molecule has 1 aliphatic rings. The molecule has 2 rings (SSSR count). The number of aromatic nitrogens is 2. The summed E-state index contributed by atoms with van der Waals surface area (Å²) in [6.07, 6.45) is 4.07. The second kappa shape index (κ2) is 6.36. The van der Waals surface area contributed by atoms with Gasteiger partial charge in [0.05, 0.1) is 0 Å². The van der Waals surface area contributed by atoms with Crippen molar-refractivity contribution in [1.82, 2.24) is 9.97 Å². The van der Waals surface area contributed by atoms with E-state index in [0.29, 0.717) is 12.3 Å². The van der Waals surface area contributed by atoms with Gasteiger partial charge in [0.15, 0.2) is 0 Å². The first-order valence-electron chi connectivity index (χ1n) is 6.78. The van der Waals surface area contributed by atoms with Gasteiger partial charge in [0, 0.05) is 32.1 Å². The zero-order chi connectivity index (χ0) is 13.7. The van der Waals surface area contributed by atoms with Gasteiger partial charge >= 0.3 is 0 Å². The minimum atomic E-state index is -0.199. The van der Waals surface area contributed by atoms with Crippen LogP contribution in [-0.4, -0.2) is 35.5 Å². The Labute approximate surface area is 113 Å². The first kappa shape index (κ1) is 13.6. The highest BCUT2D eigenvalue weighted by Crippen LogP contribution is 2.24. The Balaban J connectivity index is 1.93. The third kappa shape index (κ3) is 3.81. The summed E-state index contributed by atoms with van der Waals surface area (Å²) in [5.41, 5.74) is 5.24. The Morgan fingerprint density at radius 2 is 2.21 bits per heavy atom. The average molecular weight is 263 g/mol. The second-order valence-corrected chi connectivity index (χ2v) is 4.89. The molecule has 6 heteroatoms. The van der Waals surface area contributed by atoms with Crippen LogP contribution in [-0.2, 0) is 4.79 Å². The number of hydrogen-bond acceptors (Lipinski definition) is 5. The van der Waals surface area contributed by atoms with Gasteiger partial charge in [-0.15, -0.1) is 0 Å². The van der Waals surface area contributed by atoms with Gasteiger partial charge in [-0.3, -0.25) is 4.79 Å². The normalized spacial score (nSPS) is 16.4. The molecule has 1 fully saturated rings. The first-order valence-corrected chi connectivity index (χ1v) is 6.78. The fourth-order valence-corrected chi connectivity index (χ4v) is 2.45. The maximum Gasteiger partial charge on any atom is 0.217 e. The molecule has 1 aromatic rings. The van der Waals surface area contributed by atoms with Crippen LogP contribution in [0.25, 0.3) is 0 Å². The van der Waals surface area contributed by atoms with E-state index >= 15 is 0 Å². The van der Waals surface area contributed by atoms with Crippen molar-refractivity contribution in [2.75, 3.05) is 29.9 Å². The zero-order valence-corrected chi connectivity index (χ0v) is 11.3. The fraction of sp³-hybridized carbons (Fsp3) is 0.615. The molecule has 6 nitrogen and oxygen atoms in total. The maximum absolute atomic E-state index is 10.9. The number of rotatable bonds is 5. The smallest absolute Gasteiger partial charge is 0.217 e. The van der Waals surface area contributed by atoms with Crippen LogP contribution in [0.15, 0.2) is 12.4 Å². The molecule has 1 aliphatic heterocycles. The molecule has 3 N–H and O–H groups in total. The SMILES string of the molecule is CCNc1cc(N2CCC(CC(N)=O)CC2)ncn1. The Morgan fingerprint density at radius 1 is 1.47 bits per heavy atom. The molecule has 1 aromatic heterocycles. The molecule has 2 heterocycles. The van der Waals surface area contributed by atoms with Crippen LogP contribution in [0, 0.1) is 5.92 Å². The summed E-state index contributed by atoms with van der Waals surface area (Å²) in [6.45, 7) is 4.72. The summed E-state index contributed by atoms with van der Waals surface area (Å²) in [7, 11) is 0. The van der Waals surface area contributed by atoms with E-state index in [1.807, 2.05) is 13.0 Å². The molecule has 19 heavy (non-hydrogen) atoms. The highest BCUT2D eigenvalue weighted by molar-refractivity contribution is 5.74. The molecule has 0 unspecified atom stereocenters. The van der Waals surface area contributed by atoms with Gasteiger partial charge in [-0.05, 0) is 25.7 Å². The monoisotopic (exact) mass is 263 g/mol. The molecular formula is C13H21N5O. The summed E-state index contributed by atoms with van der Waals surface area (Å²) in [5, 5.41) is 3.18. The van der Waals surface area contributed by atoms with Gasteiger partial charge in [-0.1, -0.05) is 0 Å². The second-order valence-electron chi connectivity index (χ2n) is 4.89. The minimum Gasteiger partial charge on any atom is -0.370 e. The number of carbonyl (C=O) groups is 1. The van der Waals surface area contributed by atoms with Crippen LogP contribution in [0.3, 0.4) is 0 Å². The van der Waals surface area contributed by atoms with Gasteiger partial charge in [-0.25, -0.2) is 9.97 Å². The number of nitrogens with two attached hydrogens (primary N) is 1. The predicted octanol–water partition coefficient (Wildman–Crippen LogP) is 1.00. The van der Waals surface area contributed by atoms with E-state index in [1.165, 1.54) is 0 Å². The van der Waals surface area contributed by atoms with Crippen molar-refractivity contribution in [3.63, 3.8) is 0 Å². The van der Waals surface area contributed by atoms with E-state index in [4.69, 9.17) is 5.73 Å². The highest BCUT2D eigenvalue weighted by atomic mass is 16.1. The number of primary amides is 1. The number of nitrogens with zero attached hydrogens (tertiary/aromatic N) is 3. The van der Waals surface area contributed by atoms with E-state index in [1.54, 1.807) is 6.33 Å². The third-order valence-electron chi connectivity index (χ3n) is 3.44. The molecule has 1 amide bonds. The summed E-state index contributed by atoms with van der Waals surface area (Å²) in [5.74, 6) is 2.02. The predicted molar refractivity (Wildman–Crippen MR) is 74.9 cm³/mol. The fourth-order valence-electron chi connectivity index (χ4n) is 2.45. The van der Waals surface area contributed by atoms with E-state index in [-0.39, 0.29) is 5.91 Å². The molecule has 0 spiro atoms.